The lowest BCUT2D eigenvalue weighted by molar-refractivity contribution is 0.279. The summed E-state index contributed by atoms with van der Waals surface area (Å²) in [4.78, 5) is 0. The lowest BCUT2D eigenvalue weighted by atomic mass is 10.0. The first-order valence-electron chi connectivity index (χ1n) is 6.46. The number of nitrogens with two attached hydrogens (primary N) is 1. The van der Waals surface area contributed by atoms with Crippen LogP contribution in [-0.2, 0) is 6.42 Å². The van der Waals surface area contributed by atoms with E-state index in [1.54, 1.807) is 6.07 Å². The molecule has 0 amide bonds. The van der Waals surface area contributed by atoms with Crippen LogP contribution in [0, 0.1) is 17.6 Å². The topological polar surface area (TPSA) is 35.2 Å². The second kappa shape index (κ2) is 7.06. The summed E-state index contributed by atoms with van der Waals surface area (Å²) in [5, 5.41) is 0. The van der Waals surface area contributed by atoms with E-state index in [9.17, 15) is 8.78 Å². The zero-order chi connectivity index (χ0) is 13.1. The summed E-state index contributed by atoms with van der Waals surface area (Å²) in [5.74, 6) is -1.24. The van der Waals surface area contributed by atoms with Gasteiger partial charge in [0.25, 0.3) is 0 Å². The minimum Gasteiger partial charge on any atom is -0.490 e. The zero-order valence-electron chi connectivity index (χ0n) is 11.0. The maximum Gasteiger partial charge on any atom is 0.200 e. The number of hydrogen-bond donors (Lipinski definition) is 1. The van der Waals surface area contributed by atoms with E-state index in [0.29, 0.717) is 24.5 Å². The van der Waals surface area contributed by atoms with E-state index in [1.165, 1.54) is 6.07 Å². The van der Waals surface area contributed by atoms with Crippen LogP contribution < -0.4 is 10.5 Å². The highest BCUT2D eigenvalue weighted by Gasteiger charge is 2.23. The monoisotopic (exact) mass is 291 g/mol. The molecule has 1 atom stereocenters. The molecule has 0 bridgehead atoms. The van der Waals surface area contributed by atoms with Crippen LogP contribution in [0.2, 0.25) is 0 Å². The van der Waals surface area contributed by atoms with Crippen molar-refractivity contribution in [3.63, 3.8) is 0 Å². The van der Waals surface area contributed by atoms with Gasteiger partial charge in [-0.15, -0.1) is 12.4 Å². The Morgan fingerprint density at radius 1 is 1.37 bits per heavy atom. The molecule has 1 aromatic rings. The Morgan fingerprint density at radius 2 is 2.05 bits per heavy atom. The molecule has 2 N–H and O–H groups in total. The van der Waals surface area contributed by atoms with Gasteiger partial charge in [0.2, 0.25) is 5.82 Å². The van der Waals surface area contributed by atoms with Gasteiger partial charge in [-0.1, -0.05) is 6.92 Å². The number of benzene rings is 1. The van der Waals surface area contributed by atoms with Crippen molar-refractivity contribution in [1.82, 2.24) is 0 Å². The number of hydrogen-bond acceptors (Lipinski definition) is 2. The molecule has 2 nitrogen and oxygen atoms in total. The molecule has 0 aromatic heterocycles. The maximum absolute atomic E-state index is 13.5. The molecule has 1 saturated carbocycles. The molecule has 19 heavy (non-hydrogen) atoms. The Balaban J connectivity index is 0.00000180. The molecule has 5 heteroatoms. The summed E-state index contributed by atoms with van der Waals surface area (Å²) < 4.78 is 32.3. The minimum atomic E-state index is -0.899. The van der Waals surface area contributed by atoms with Crippen LogP contribution in [0.3, 0.4) is 0 Å². The molecular formula is C14H20ClF2NO. The molecule has 0 heterocycles. The van der Waals surface area contributed by atoms with Gasteiger partial charge in [-0.05, 0) is 49.3 Å². The highest BCUT2D eigenvalue weighted by atomic mass is 35.5. The van der Waals surface area contributed by atoms with E-state index in [1.807, 2.05) is 6.92 Å². The van der Waals surface area contributed by atoms with Crippen molar-refractivity contribution in [2.45, 2.75) is 38.6 Å². The second-order valence-corrected chi connectivity index (χ2v) is 5.02. The van der Waals surface area contributed by atoms with Crippen LogP contribution in [0.15, 0.2) is 12.1 Å². The summed E-state index contributed by atoms with van der Waals surface area (Å²) in [5.41, 5.74) is 6.51. The third-order valence-corrected chi connectivity index (χ3v) is 3.25. The molecule has 0 aliphatic heterocycles. The number of halogens is 3. The van der Waals surface area contributed by atoms with Gasteiger partial charge in [-0.3, -0.25) is 0 Å². The van der Waals surface area contributed by atoms with Crippen molar-refractivity contribution in [3.05, 3.63) is 29.3 Å². The van der Waals surface area contributed by atoms with Gasteiger partial charge in [0.05, 0.1) is 6.61 Å². The largest absolute Gasteiger partial charge is 0.490 e. The predicted octanol–water partition coefficient (Wildman–Crippen LogP) is 3.46. The Labute approximate surface area is 118 Å². The van der Waals surface area contributed by atoms with Crippen LogP contribution in [0.25, 0.3) is 0 Å². The SMILES string of the molecule is CCC(N)Cc1cc(F)c(F)c(OCC2CC2)c1.Cl. The lowest BCUT2D eigenvalue weighted by Crippen LogP contribution is -2.21. The third-order valence-electron chi connectivity index (χ3n) is 3.25. The van der Waals surface area contributed by atoms with E-state index in [0.717, 1.165) is 19.3 Å². The van der Waals surface area contributed by atoms with Gasteiger partial charge in [0, 0.05) is 6.04 Å². The summed E-state index contributed by atoms with van der Waals surface area (Å²) in [7, 11) is 0. The lowest BCUT2D eigenvalue weighted by Gasteiger charge is -2.12. The Morgan fingerprint density at radius 3 is 2.63 bits per heavy atom. The quantitative estimate of drug-likeness (QED) is 0.871. The van der Waals surface area contributed by atoms with Crippen molar-refractivity contribution in [1.29, 1.82) is 0 Å². The fraction of sp³-hybridized carbons (Fsp3) is 0.571. The molecule has 1 unspecified atom stereocenters. The van der Waals surface area contributed by atoms with Crippen LogP contribution in [0.4, 0.5) is 8.78 Å². The smallest absolute Gasteiger partial charge is 0.200 e. The minimum absolute atomic E-state index is 0. The van der Waals surface area contributed by atoms with Crippen LogP contribution in [-0.4, -0.2) is 12.6 Å². The second-order valence-electron chi connectivity index (χ2n) is 5.02. The van der Waals surface area contributed by atoms with Gasteiger partial charge in [-0.2, -0.15) is 4.39 Å². The van der Waals surface area contributed by atoms with Crippen molar-refractivity contribution < 1.29 is 13.5 Å². The number of rotatable bonds is 6. The van der Waals surface area contributed by atoms with Crippen LogP contribution in [0.1, 0.15) is 31.7 Å². The van der Waals surface area contributed by atoms with Crippen molar-refractivity contribution in [2.24, 2.45) is 11.7 Å². The van der Waals surface area contributed by atoms with Crippen LogP contribution >= 0.6 is 12.4 Å². The maximum atomic E-state index is 13.5. The summed E-state index contributed by atoms with van der Waals surface area (Å²) in [6.45, 7) is 2.44. The van der Waals surface area contributed by atoms with E-state index in [-0.39, 0.29) is 24.2 Å². The summed E-state index contributed by atoms with van der Waals surface area (Å²) >= 11 is 0. The van der Waals surface area contributed by atoms with E-state index in [4.69, 9.17) is 10.5 Å². The fourth-order valence-electron chi connectivity index (χ4n) is 1.78. The third kappa shape index (κ3) is 4.62. The first-order valence-corrected chi connectivity index (χ1v) is 6.46. The molecule has 0 radical (unpaired) electrons. The van der Waals surface area contributed by atoms with Gasteiger partial charge in [-0.25, -0.2) is 4.39 Å². The molecule has 1 aliphatic carbocycles. The molecule has 108 valence electrons. The van der Waals surface area contributed by atoms with Crippen molar-refractivity contribution >= 4 is 12.4 Å². The first-order chi connectivity index (χ1) is 8.60. The molecule has 2 rings (SSSR count). The van der Waals surface area contributed by atoms with E-state index < -0.39 is 11.6 Å². The Kier molecular flexibility index (Phi) is 6.01. The van der Waals surface area contributed by atoms with Crippen molar-refractivity contribution in [2.75, 3.05) is 6.61 Å². The van der Waals surface area contributed by atoms with E-state index >= 15 is 0 Å². The zero-order valence-corrected chi connectivity index (χ0v) is 11.8. The molecule has 1 aliphatic rings. The van der Waals surface area contributed by atoms with Gasteiger partial charge in [0.15, 0.2) is 11.6 Å². The van der Waals surface area contributed by atoms with Crippen molar-refractivity contribution in [3.8, 4) is 5.75 Å². The van der Waals surface area contributed by atoms with Gasteiger partial charge < -0.3 is 10.5 Å². The predicted molar refractivity (Wildman–Crippen MR) is 73.8 cm³/mol. The summed E-state index contributed by atoms with van der Waals surface area (Å²) in [6.07, 6.45) is 3.57. The molecule has 1 aromatic carbocycles. The average molecular weight is 292 g/mol. The fourth-order valence-corrected chi connectivity index (χ4v) is 1.78. The molecule has 0 spiro atoms. The molecular weight excluding hydrogens is 272 g/mol. The summed E-state index contributed by atoms with van der Waals surface area (Å²) in [6, 6.07) is 2.73. The Bertz CT molecular complexity index is 424. The normalized spacial score (nSPS) is 15.8. The standard InChI is InChI=1S/C14H19F2NO.ClH/c1-2-11(17)5-10-6-12(15)14(16)13(7-10)18-8-9-3-4-9;/h6-7,9,11H,2-5,8,17H2,1H3;1H. The molecule has 0 saturated heterocycles. The average Bonchev–Trinajstić information content (AvgIpc) is 3.15. The van der Waals surface area contributed by atoms with E-state index in [2.05, 4.69) is 0 Å². The molecule has 1 fully saturated rings. The van der Waals surface area contributed by atoms with Crippen LogP contribution in [0.5, 0.6) is 5.75 Å². The highest BCUT2D eigenvalue weighted by Crippen LogP contribution is 2.31. The first kappa shape index (κ1) is 16.2. The van der Waals surface area contributed by atoms with Gasteiger partial charge >= 0.3 is 0 Å². The van der Waals surface area contributed by atoms with Gasteiger partial charge in [0.1, 0.15) is 0 Å². The number of ether oxygens (including phenoxy) is 1. The highest BCUT2D eigenvalue weighted by molar-refractivity contribution is 5.85. The Hall–Kier alpha value is -0.870.